The fourth-order valence-electron chi connectivity index (χ4n) is 3.25. The highest BCUT2D eigenvalue weighted by molar-refractivity contribution is 4.98. The van der Waals surface area contributed by atoms with Crippen molar-refractivity contribution >= 4 is 0 Å². The third-order valence-corrected chi connectivity index (χ3v) is 4.03. The highest BCUT2D eigenvalue weighted by Gasteiger charge is 2.47. The van der Waals surface area contributed by atoms with Crippen molar-refractivity contribution in [1.29, 1.82) is 0 Å². The summed E-state index contributed by atoms with van der Waals surface area (Å²) in [6.07, 6.45) is 5.71. The zero-order valence-electron chi connectivity index (χ0n) is 14.6. The van der Waals surface area contributed by atoms with Gasteiger partial charge in [0, 0.05) is 18.2 Å². The molecular formula is C17H33NO2. The Morgan fingerprint density at radius 3 is 2.10 bits per heavy atom. The molecule has 1 rings (SSSR count). The molecule has 0 aromatic rings. The lowest BCUT2D eigenvalue weighted by Crippen LogP contribution is -2.62. The van der Waals surface area contributed by atoms with E-state index in [0.717, 1.165) is 19.3 Å². The molecule has 0 aromatic heterocycles. The van der Waals surface area contributed by atoms with Crippen molar-refractivity contribution in [3.8, 4) is 0 Å². The molecular weight excluding hydrogens is 250 g/mol. The van der Waals surface area contributed by atoms with E-state index in [4.69, 9.17) is 9.57 Å². The first-order valence-corrected chi connectivity index (χ1v) is 7.72. The van der Waals surface area contributed by atoms with Crippen molar-refractivity contribution in [2.75, 3.05) is 7.11 Å². The molecule has 0 bridgehead atoms. The number of hydrogen-bond acceptors (Lipinski definition) is 3. The maximum absolute atomic E-state index is 6.30. The lowest BCUT2D eigenvalue weighted by Gasteiger charge is -2.54. The molecule has 20 heavy (non-hydrogen) atoms. The third-order valence-electron chi connectivity index (χ3n) is 4.03. The van der Waals surface area contributed by atoms with Crippen molar-refractivity contribution in [3.05, 3.63) is 11.6 Å². The van der Waals surface area contributed by atoms with Crippen LogP contribution >= 0.6 is 0 Å². The van der Waals surface area contributed by atoms with Crippen LogP contribution in [-0.2, 0) is 9.57 Å². The van der Waals surface area contributed by atoms with Crippen molar-refractivity contribution in [3.63, 3.8) is 0 Å². The smallest absolute Gasteiger partial charge is 0.0800 e. The predicted molar refractivity (Wildman–Crippen MR) is 84.6 cm³/mol. The van der Waals surface area contributed by atoms with Gasteiger partial charge in [0.2, 0.25) is 0 Å². The normalized spacial score (nSPS) is 24.4. The summed E-state index contributed by atoms with van der Waals surface area (Å²) >= 11 is 0. The van der Waals surface area contributed by atoms with Gasteiger partial charge in [-0.1, -0.05) is 11.6 Å². The number of nitrogens with zero attached hydrogens (tertiary/aromatic N) is 1. The van der Waals surface area contributed by atoms with Crippen LogP contribution in [-0.4, -0.2) is 35.5 Å². The zero-order valence-corrected chi connectivity index (χ0v) is 14.6. The van der Waals surface area contributed by atoms with E-state index in [0.29, 0.717) is 6.10 Å². The molecule has 3 heteroatoms. The van der Waals surface area contributed by atoms with E-state index in [-0.39, 0.29) is 17.2 Å². The van der Waals surface area contributed by atoms with E-state index in [1.54, 1.807) is 0 Å². The van der Waals surface area contributed by atoms with Gasteiger partial charge >= 0.3 is 0 Å². The van der Waals surface area contributed by atoms with Gasteiger partial charge in [0.25, 0.3) is 0 Å². The summed E-state index contributed by atoms with van der Waals surface area (Å²) in [5.41, 5.74) is 1.32. The summed E-state index contributed by atoms with van der Waals surface area (Å²) in [5.74, 6) is 0. The summed E-state index contributed by atoms with van der Waals surface area (Å²) in [5, 5.41) is 2.21. The first-order valence-electron chi connectivity index (χ1n) is 7.72. The number of rotatable bonds is 5. The average molecular weight is 283 g/mol. The Labute approximate surface area is 125 Å². The van der Waals surface area contributed by atoms with E-state index in [1.165, 1.54) is 5.57 Å². The first kappa shape index (κ1) is 17.7. The van der Waals surface area contributed by atoms with Crippen LogP contribution in [0.15, 0.2) is 11.6 Å². The van der Waals surface area contributed by atoms with Crippen LogP contribution in [0, 0.1) is 0 Å². The van der Waals surface area contributed by atoms with Crippen LogP contribution in [0.2, 0.25) is 0 Å². The molecule has 1 aliphatic heterocycles. The van der Waals surface area contributed by atoms with Gasteiger partial charge < -0.3 is 4.74 Å². The molecule has 0 N–H and O–H groups in total. The maximum Gasteiger partial charge on any atom is 0.0800 e. The summed E-state index contributed by atoms with van der Waals surface area (Å²) in [7, 11) is 1.81. The lowest BCUT2D eigenvalue weighted by atomic mass is 9.80. The first-order chi connectivity index (χ1) is 9.08. The van der Waals surface area contributed by atoms with Gasteiger partial charge in [0.05, 0.1) is 12.2 Å². The van der Waals surface area contributed by atoms with Gasteiger partial charge in [-0.25, -0.2) is 0 Å². The molecule has 0 aromatic carbocycles. The minimum atomic E-state index is -0.0122. The standard InChI is InChI=1S/C17H33NO2/c1-13(2)9-10-14(3)20-18-16(4,5)11-15(19-8)12-17(18,6)7/h9,14-15H,10-12H2,1-8H3. The van der Waals surface area contributed by atoms with E-state index in [2.05, 4.69) is 59.6 Å². The molecule has 1 saturated heterocycles. The highest BCUT2D eigenvalue weighted by atomic mass is 16.7. The van der Waals surface area contributed by atoms with Crippen LogP contribution in [0.25, 0.3) is 0 Å². The van der Waals surface area contributed by atoms with Crippen molar-refractivity contribution in [2.45, 2.75) is 91.0 Å². The van der Waals surface area contributed by atoms with Gasteiger partial charge in [0.1, 0.15) is 0 Å². The summed E-state index contributed by atoms with van der Waals surface area (Å²) < 4.78 is 5.60. The van der Waals surface area contributed by atoms with Crippen LogP contribution < -0.4 is 0 Å². The molecule has 3 nitrogen and oxygen atoms in total. The molecule has 0 radical (unpaired) electrons. The molecule has 1 fully saturated rings. The quantitative estimate of drug-likeness (QED) is 0.701. The van der Waals surface area contributed by atoms with Gasteiger partial charge in [0.15, 0.2) is 0 Å². The van der Waals surface area contributed by atoms with Gasteiger partial charge in [-0.2, -0.15) is 5.06 Å². The van der Waals surface area contributed by atoms with E-state index in [1.807, 2.05) is 7.11 Å². The molecule has 0 amide bonds. The largest absolute Gasteiger partial charge is 0.381 e. The SMILES string of the molecule is COC1CC(C)(C)N(OC(C)CC=C(C)C)C(C)(C)C1. The highest BCUT2D eigenvalue weighted by Crippen LogP contribution is 2.40. The number of hydroxylamine groups is 2. The molecule has 0 spiro atoms. The van der Waals surface area contributed by atoms with Crippen molar-refractivity contribution in [1.82, 2.24) is 5.06 Å². The van der Waals surface area contributed by atoms with E-state index in [9.17, 15) is 0 Å². The van der Waals surface area contributed by atoms with Crippen LogP contribution in [0.3, 0.4) is 0 Å². The summed E-state index contributed by atoms with van der Waals surface area (Å²) in [6, 6.07) is 0. The average Bonchev–Trinajstić information content (AvgIpc) is 2.30. The zero-order chi connectivity index (χ0) is 15.6. The molecule has 1 heterocycles. The second-order valence-electron chi connectivity index (χ2n) is 7.62. The lowest BCUT2D eigenvalue weighted by molar-refractivity contribution is -0.311. The van der Waals surface area contributed by atoms with Gasteiger partial charge in [-0.15, -0.1) is 0 Å². The molecule has 1 aliphatic rings. The number of methoxy groups -OCH3 is 1. The Morgan fingerprint density at radius 2 is 1.70 bits per heavy atom. The van der Waals surface area contributed by atoms with Crippen molar-refractivity contribution in [2.24, 2.45) is 0 Å². The topological polar surface area (TPSA) is 21.7 Å². The van der Waals surface area contributed by atoms with Crippen LogP contribution in [0.1, 0.15) is 67.7 Å². The molecule has 1 unspecified atom stereocenters. The number of allylic oxidation sites excluding steroid dienone is 1. The van der Waals surface area contributed by atoms with Crippen LogP contribution in [0.5, 0.6) is 0 Å². The molecule has 118 valence electrons. The number of piperidine rings is 1. The van der Waals surface area contributed by atoms with Gasteiger partial charge in [-0.05, 0) is 67.7 Å². The third kappa shape index (κ3) is 4.57. The number of hydrogen-bond donors (Lipinski definition) is 0. The molecule has 0 saturated carbocycles. The van der Waals surface area contributed by atoms with Gasteiger partial charge in [-0.3, -0.25) is 4.84 Å². The Balaban J connectivity index is 2.78. The minimum absolute atomic E-state index is 0.0122. The van der Waals surface area contributed by atoms with Crippen LogP contribution in [0.4, 0.5) is 0 Å². The summed E-state index contributed by atoms with van der Waals surface area (Å²) in [4.78, 5) is 6.30. The predicted octanol–water partition coefficient (Wildman–Crippen LogP) is 4.33. The monoisotopic (exact) mass is 283 g/mol. The second-order valence-corrected chi connectivity index (χ2v) is 7.62. The molecule has 1 atom stereocenters. The van der Waals surface area contributed by atoms with Crippen molar-refractivity contribution < 1.29 is 9.57 Å². The molecule has 0 aliphatic carbocycles. The minimum Gasteiger partial charge on any atom is -0.381 e. The Hall–Kier alpha value is -0.380. The summed E-state index contributed by atoms with van der Waals surface area (Å²) in [6.45, 7) is 15.4. The fourth-order valence-corrected chi connectivity index (χ4v) is 3.25. The fraction of sp³-hybridized carbons (Fsp3) is 0.882. The van der Waals surface area contributed by atoms with E-state index >= 15 is 0 Å². The number of ether oxygens (including phenoxy) is 1. The Bertz CT molecular complexity index is 325. The Kier molecular flexibility index (Phi) is 5.82. The Morgan fingerprint density at radius 1 is 1.20 bits per heavy atom. The maximum atomic E-state index is 6.30. The van der Waals surface area contributed by atoms with E-state index < -0.39 is 0 Å². The second kappa shape index (κ2) is 6.59.